The second-order valence-electron chi connectivity index (χ2n) is 4.67. The molecule has 0 aromatic rings. The summed E-state index contributed by atoms with van der Waals surface area (Å²) in [6.45, 7) is 2.75. The minimum atomic E-state index is -1.49. The second kappa shape index (κ2) is 2.72. The maximum Gasteiger partial charge on any atom is 0.0695 e. The molecule has 0 aromatic carbocycles. The van der Waals surface area contributed by atoms with Crippen LogP contribution in [0.2, 0.25) is 0 Å². The second-order valence-corrected chi connectivity index (χ2v) is 4.67. The van der Waals surface area contributed by atoms with Crippen LogP contribution in [0.5, 0.6) is 0 Å². The van der Waals surface area contributed by atoms with Crippen molar-refractivity contribution < 1.29 is 24.5 Å². The van der Waals surface area contributed by atoms with Gasteiger partial charge in [-0.05, 0) is 12.8 Å². The first kappa shape index (κ1) is 10.4. The topological polar surface area (TPSA) is 89.5 Å². The first-order valence-corrected chi connectivity index (χ1v) is 4.93. The number of hydrogen-bond acceptors (Lipinski definition) is 5. The fourth-order valence-electron chi connectivity index (χ4n) is 2.84. The van der Waals surface area contributed by atoms with E-state index < -0.39 is 35.0 Å². The zero-order valence-electron chi connectivity index (χ0n) is 8.61. The van der Waals surface area contributed by atoms with Crippen LogP contribution in [-0.2, 0) is 14.3 Å². The third-order valence-electron chi connectivity index (χ3n) is 4.23. The van der Waals surface area contributed by atoms with E-state index in [4.69, 9.17) is 4.74 Å². The molecule has 2 aliphatic heterocycles. The summed E-state index contributed by atoms with van der Waals surface area (Å²) in [7, 11) is 0. The van der Waals surface area contributed by atoms with Crippen LogP contribution in [-0.4, -0.2) is 24.1 Å². The molecular formula is C10H12O5-2. The monoisotopic (exact) mass is 212 g/mol. The Morgan fingerprint density at radius 2 is 1.40 bits per heavy atom. The number of carbonyl (C=O) groups excluding carboxylic acids is 2. The summed E-state index contributed by atoms with van der Waals surface area (Å²) in [4.78, 5) is 22.3. The molecule has 2 fully saturated rings. The van der Waals surface area contributed by atoms with Gasteiger partial charge in [-0.2, -0.15) is 0 Å². The van der Waals surface area contributed by atoms with E-state index in [1.54, 1.807) is 0 Å². The predicted octanol–water partition coefficient (Wildman–Crippen LogP) is -1.94. The molecule has 0 aliphatic carbocycles. The summed E-state index contributed by atoms with van der Waals surface area (Å²) in [6.07, 6.45) is -0.0125. The van der Waals surface area contributed by atoms with E-state index in [0.29, 0.717) is 12.8 Å². The molecule has 15 heavy (non-hydrogen) atoms. The fourth-order valence-corrected chi connectivity index (χ4v) is 2.84. The first-order valence-electron chi connectivity index (χ1n) is 4.93. The molecule has 2 aliphatic rings. The number of rotatable bonds is 2. The Labute approximate surface area is 87.0 Å². The number of carbonyl (C=O) groups is 2. The minimum Gasteiger partial charge on any atom is -0.549 e. The zero-order valence-corrected chi connectivity index (χ0v) is 8.61. The van der Waals surface area contributed by atoms with Crippen molar-refractivity contribution in [2.24, 2.45) is 10.8 Å². The Bertz CT molecular complexity index is 307. The maximum atomic E-state index is 11.2. The number of fused-ring (bicyclic) bond motifs is 2. The smallest absolute Gasteiger partial charge is 0.0695 e. The summed E-state index contributed by atoms with van der Waals surface area (Å²) >= 11 is 0. The summed E-state index contributed by atoms with van der Waals surface area (Å²) in [6, 6.07) is 0. The van der Waals surface area contributed by atoms with Gasteiger partial charge in [0.15, 0.2) is 0 Å². The summed E-state index contributed by atoms with van der Waals surface area (Å²) < 4.78 is 5.38. The van der Waals surface area contributed by atoms with Gasteiger partial charge in [0.25, 0.3) is 0 Å². The lowest BCUT2D eigenvalue weighted by molar-refractivity contribution is -0.343. The van der Waals surface area contributed by atoms with Crippen molar-refractivity contribution in [3.05, 3.63) is 0 Å². The van der Waals surface area contributed by atoms with Gasteiger partial charge in [0.05, 0.1) is 24.1 Å². The van der Waals surface area contributed by atoms with Crippen molar-refractivity contribution in [1.82, 2.24) is 0 Å². The van der Waals surface area contributed by atoms with E-state index in [1.807, 2.05) is 0 Å². The van der Waals surface area contributed by atoms with E-state index in [9.17, 15) is 19.8 Å². The average Bonchev–Trinajstić information content (AvgIpc) is 2.69. The number of carboxylic acid groups (broad SMARTS) is 2. The molecule has 5 nitrogen and oxygen atoms in total. The number of aliphatic carboxylic acids is 2. The van der Waals surface area contributed by atoms with Gasteiger partial charge in [-0.3, -0.25) is 0 Å². The number of ether oxygens (including phenoxy) is 1. The van der Waals surface area contributed by atoms with Gasteiger partial charge in [0.2, 0.25) is 0 Å². The largest absolute Gasteiger partial charge is 0.549 e. The molecular weight excluding hydrogens is 200 g/mol. The number of carboxylic acids is 2. The molecule has 5 heteroatoms. The van der Waals surface area contributed by atoms with Gasteiger partial charge in [-0.1, -0.05) is 13.8 Å². The van der Waals surface area contributed by atoms with E-state index >= 15 is 0 Å². The lowest BCUT2D eigenvalue weighted by Crippen LogP contribution is -2.62. The van der Waals surface area contributed by atoms with Crippen LogP contribution in [0.25, 0.3) is 0 Å². The fraction of sp³-hybridized carbons (Fsp3) is 0.800. The molecule has 0 aromatic heterocycles. The lowest BCUT2D eigenvalue weighted by Gasteiger charge is -2.47. The van der Waals surface area contributed by atoms with Gasteiger partial charge in [0.1, 0.15) is 0 Å². The van der Waals surface area contributed by atoms with Gasteiger partial charge in [-0.25, -0.2) is 0 Å². The Morgan fingerprint density at radius 1 is 1.07 bits per heavy atom. The highest BCUT2D eigenvalue weighted by Gasteiger charge is 2.65. The molecule has 0 spiro atoms. The van der Waals surface area contributed by atoms with Crippen molar-refractivity contribution >= 4 is 11.9 Å². The van der Waals surface area contributed by atoms with Crippen LogP contribution in [0.1, 0.15) is 26.7 Å². The quantitative estimate of drug-likeness (QED) is 0.531. The molecule has 4 unspecified atom stereocenters. The van der Waals surface area contributed by atoms with Crippen molar-refractivity contribution in [1.29, 1.82) is 0 Å². The number of hydrogen-bond donors (Lipinski definition) is 0. The highest BCUT2D eigenvalue weighted by molar-refractivity contribution is 5.86. The third kappa shape index (κ3) is 0.916. The van der Waals surface area contributed by atoms with Crippen LogP contribution in [0, 0.1) is 10.8 Å². The molecule has 0 radical (unpaired) electrons. The SMILES string of the molecule is CC1(C(=O)[O-])C2CCC(O2)C1(C)C(=O)[O-]. The van der Waals surface area contributed by atoms with Crippen LogP contribution < -0.4 is 10.2 Å². The molecule has 2 heterocycles. The summed E-state index contributed by atoms with van der Waals surface area (Å²) in [5, 5.41) is 22.3. The van der Waals surface area contributed by atoms with Gasteiger partial charge >= 0.3 is 0 Å². The highest BCUT2D eigenvalue weighted by Crippen LogP contribution is 2.58. The van der Waals surface area contributed by atoms with Crippen LogP contribution >= 0.6 is 0 Å². The van der Waals surface area contributed by atoms with E-state index in [2.05, 4.69) is 0 Å². The van der Waals surface area contributed by atoms with Crippen LogP contribution in [0.15, 0.2) is 0 Å². The lowest BCUT2D eigenvalue weighted by atomic mass is 9.57. The third-order valence-corrected chi connectivity index (χ3v) is 4.23. The van der Waals surface area contributed by atoms with Gasteiger partial charge in [-0.15, -0.1) is 0 Å². The molecule has 4 atom stereocenters. The van der Waals surface area contributed by atoms with E-state index in [1.165, 1.54) is 13.8 Å². The van der Waals surface area contributed by atoms with Crippen LogP contribution in [0.4, 0.5) is 0 Å². The summed E-state index contributed by atoms with van der Waals surface area (Å²) in [5.41, 5.74) is -2.98. The zero-order chi connectivity index (χ0) is 11.4. The average molecular weight is 212 g/mol. The standard InChI is InChI=1S/C10H14O5/c1-9(7(11)12)5-3-4-6(15-5)10(9,2)8(13)14/h5-6H,3-4H2,1-2H3,(H,11,12)(H,13,14)/p-2. The summed E-state index contributed by atoms with van der Waals surface area (Å²) in [5.74, 6) is -2.75. The Kier molecular flexibility index (Phi) is 1.89. The Balaban J connectivity index is 2.53. The maximum absolute atomic E-state index is 11.2. The predicted molar refractivity (Wildman–Crippen MR) is 44.1 cm³/mol. The van der Waals surface area contributed by atoms with Crippen molar-refractivity contribution in [2.45, 2.75) is 38.9 Å². The van der Waals surface area contributed by atoms with Crippen molar-refractivity contribution in [2.75, 3.05) is 0 Å². The molecule has 2 bridgehead atoms. The van der Waals surface area contributed by atoms with E-state index in [-0.39, 0.29) is 0 Å². The molecule has 0 saturated carbocycles. The molecule has 0 amide bonds. The van der Waals surface area contributed by atoms with Crippen LogP contribution in [0.3, 0.4) is 0 Å². The highest BCUT2D eigenvalue weighted by atomic mass is 16.5. The minimum absolute atomic E-state index is 0.567. The Morgan fingerprint density at radius 3 is 1.67 bits per heavy atom. The Hall–Kier alpha value is -1.10. The van der Waals surface area contributed by atoms with Crippen molar-refractivity contribution in [3.63, 3.8) is 0 Å². The first-order chi connectivity index (χ1) is 6.85. The molecule has 2 saturated heterocycles. The normalized spacial score (nSPS) is 48.1. The van der Waals surface area contributed by atoms with Gasteiger partial charge < -0.3 is 24.5 Å². The molecule has 2 rings (SSSR count). The molecule has 84 valence electrons. The van der Waals surface area contributed by atoms with E-state index in [0.717, 1.165) is 0 Å². The van der Waals surface area contributed by atoms with Gasteiger partial charge in [0, 0.05) is 10.8 Å². The molecule has 0 N–H and O–H groups in total. The van der Waals surface area contributed by atoms with Crippen molar-refractivity contribution in [3.8, 4) is 0 Å².